The average Bonchev–Trinajstić information content (AvgIpc) is 2.03. The smallest absolute Gasteiger partial charge is 0.145 e. The summed E-state index contributed by atoms with van der Waals surface area (Å²) in [5.74, 6) is 5.73. The molecule has 0 spiro atoms. The second-order valence-corrected chi connectivity index (χ2v) is 3.10. The number of pyridine rings is 1. The van der Waals surface area contributed by atoms with Crippen molar-refractivity contribution >= 4 is 18.2 Å². The summed E-state index contributed by atoms with van der Waals surface area (Å²) >= 11 is 0. The van der Waals surface area contributed by atoms with Crippen LogP contribution in [0, 0.1) is 0 Å². The SMILES string of the molecule is CC(C)(O)c1cccnc1NN.Cl. The minimum absolute atomic E-state index is 0. The lowest BCUT2D eigenvalue weighted by Gasteiger charge is -2.19. The molecule has 0 aromatic carbocycles. The molecule has 5 heteroatoms. The highest BCUT2D eigenvalue weighted by molar-refractivity contribution is 5.85. The van der Waals surface area contributed by atoms with Gasteiger partial charge in [0.05, 0.1) is 5.60 Å². The Morgan fingerprint density at radius 3 is 2.54 bits per heavy atom. The molecule has 0 unspecified atom stereocenters. The zero-order chi connectivity index (χ0) is 9.19. The van der Waals surface area contributed by atoms with Gasteiger partial charge >= 0.3 is 0 Å². The van der Waals surface area contributed by atoms with Crippen molar-refractivity contribution < 1.29 is 5.11 Å². The number of nitrogens with two attached hydrogens (primary N) is 1. The summed E-state index contributed by atoms with van der Waals surface area (Å²) in [6.45, 7) is 3.37. The third kappa shape index (κ3) is 2.84. The Morgan fingerprint density at radius 1 is 1.54 bits per heavy atom. The van der Waals surface area contributed by atoms with E-state index in [1.807, 2.05) is 0 Å². The van der Waals surface area contributed by atoms with E-state index in [-0.39, 0.29) is 12.4 Å². The van der Waals surface area contributed by atoms with Crippen LogP contribution in [0.15, 0.2) is 18.3 Å². The fourth-order valence-corrected chi connectivity index (χ4v) is 1.01. The van der Waals surface area contributed by atoms with Crippen LogP contribution in [0.25, 0.3) is 0 Å². The van der Waals surface area contributed by atoms with E-state index < -0.39 is 5.60 Å². The molecule has 4 N–H and O–H groups in total. The summed E-state index contributed by atoms with van der Waals surface area (Å²) in [7, 11) is 0. The topological polar surface area (TPSA) is 71.2 Å². The van der Waals surface area contributed by atoms with Crippen LogP contribution >= 0.6 is 12.4 Å². The lowest BCUT2D eigenvalue weighted by molar-refractivity contribution is 0.0790. The number of nitrogens with zero attached hydrogens (tertiary/aromatic N) is 1. The first-order chi connectivity index (χ1) is 5.55. The number of hydrogen-bond acceptors (Lipinski definition) is 4. The molecule has 13 heavy (non-hydrogen) atoms. The van der Waals surface area contributed by atoms with Crippen molar-refractivity contribution in [3.63, 3.8) is 0 Å². The predicted molar refractivity (Wildman–Crippen MR) is 54.5 cm³/mol. The third-order valence-electron chi connectivity index (χ3n) is 1.60. The minimum Gasteiger partial charge on any atom is -0.386 e. The zero-order valence-electron chi connectivity index (χ0n) is 7.61. The second kappa shape index (κ2) is 4.41. The normalized spacial score (nSPS) is 10.5. The van der Waals surface area contributed by atoms with E-state index in [0.29, 0.717) is 11.4 Å². The quantitative estimate of drug-likeness (QED) is 0.496. The monoisotopic (exact) mass is 203 g/mol. The molecule has 0 aliphatic carbocycles. The van der Waals surface area contributed by atoms with E-state index in [1.54, 1.807) is 32.2 Å². The molecule has 1 heterocycles. The number of rotatable bonds is 2. The van der Waals surface area contributed by atoms with Gasteiger partial charge in [-0.15, -0.1) is 12.4 Å². The van der Waals surface area contributed by atoms with Crippen molar-refractivity contribution in [1.29, 1.82) is 0 Å². The number of hydrazine groups is 1. The summed E-state index contributed by atoms with van der Waals surface area (Å²) in [5, 5.41) is 9.67. The molecule has 1 aromatic heterocycles. The number of hydrogen-bond donors (Lipinski definition) is 3. The molecule has 0 radical (unpaired) electrons. The van der Waals surface area contributed by atoms with E-state index in [1.165, 1.54) is 0 Å². The van der Waals surface area contributed by atoms with E-state index in [4.69, 9.17) is 5.84 Å². The molecule has 0 aliphatic heterocycles. The van der Waals surface area contributed by atoms with Gasteiger partial charge in [0.1, 0.15) is 5.82 Å². The predicted octanol–water partition coefficient (Wildman–Crippen LogP) is 1.02. The highest BCUT2D eigenvalue weighted by Gasteiger charge is 2.19. The van der Waals surface area contributed by atoms with Gasteiger partial charge in [-0.05, 0) is 19.9 Å². The van der Waals surface area contributed by atoms with Crippen LogP contribution < -0.4 is 11.3 Å². The van der Waals surface area contributed by atoms with Crippen LogP contribution in [-0.4, -0.2) is 10.1 Å². The molecule has 1 aromatic rings. The Balaban J connectivity index is 0.00000144. The zero-order valence-corrected chi connectivity index (χ0v) is 8.43. The number of aromatic nitrogens is 1. The molecule has 4 nitrogen and oxygen atoms in total. The highest BCUT2D eigenvalue weighted by atomic mass is 35.5. The molecule has 0 amide bonds. The summed E-state index contributed by atoms with van der Waals surface area (Å²) in [5.41, 5.74) is 2.20. The van der Waals surface area contributed by atoms with E-state index in [2.05, 4.69) is 10.4 Å². The van der Waals surface area contributed by atoms with Crippen LogP contribution in [0.3, 0.4) is 0 Å². The largest absolute Gasteiger partial charge is 0.386 e. The maximum atomic E-state index is 9.67. The van der Waals surface area contributed by atoms with Gasteiger partial charge in [0.15, 0.2) is 0 Å². The number of nitrogens with one attached hydrogen (secondary N) is 1. The van der Waals surface area contributed by atoms with Gasteiger partial charge in [0.2, 0.25) is 0 Å². The number of halogens is 1. The molecular formula is C8H14ClN3O. The third-order valence-corrected chi connectivity index (χ3v) is 1.60. The van der Waals surface area contributed by atoms with Gasteiger partial charge < -0.3 is 10.5 Å². The van der Waals surface area contributed by atoms with Crippen molar-refractivity contribution in [2.75, 3.05) is 5.43 Å². The molecule has 0 aliphatic rings. The first-order valence-electron chi connectivity index (χ1n) is 3.70. The van der Waals surface area contributed by atoms with Crippen LogP contribution in [-0.2, 0) is 5.60 Å². The Bertz CT molecular complexity index is 272. The fraction of sp³-hybridized carbons (Fsp3) is 0.375. The van der Waals surface area contributed by atoms with Crippen LogP contribution in [0.4, 0.5) is 5.82 Å². The van der Waals surface area contributed by atoms with E-state index in [0.717, 1.165) is 0 Å². The van der Waals surface area contributed by atoms with Gasteiger partial charge in [0, 0.05) is 11.8 Å². The maximum Gasteiger partial charge on any atom is 0.145 e. The van der Waals surface area contributed by atoms with Gasteiger partial charge in [-0.25, -0.2) is 10.8 Å². The minimum atomic E-state index is -0.921. The van der Waals surface area contributed by atoms with E-state index in [9.17, 15) is 5.11 Å². The second-order valence-electron chi connectivity index (χ2n) is 3.10. The Hall–Kier alpha value is -0.840. The van der Waals surface area contributed by atoms with Crippen LogP contribution in [0.1, 0.15) is 19.4 Å². The molecule has 0 saturated heterocycles. The molecule has 0 saturated carbocycles. The Labute approximate surface area is 83.6 Å². The number of aliphatic hydroxyl groups is 1. The first-order valence-corrected chi connectivity index (χ1v) is 3.70. The molecule has 0 atom stereocenters. The lowest BCUT2D eigenvalue weighted by Crippen LogP contribution is -2.21. The number of anilines is 1. The first kappa shape index (κ1) is 12.2. The van der Waals surface area contributed by atoms with Gasteiger partial charge in [-0.2, -0.15) is 0 Å². The summed E-state index contributed by atoms with van der Waals surface area (Å²) in [4.78, 5) is 3.97. The van der Waals surface area contributed by atoms with Crippen molar-refractivity contribution in [2.24, 2.45) is 5.84 Å². The standard InChI is InChI=1S/C8H13N3O.ClH/c1-8(2,12)6-4-3-5-10-7(6)11-9;/h3-5,12H,9H2,1-2H3,(H,10,11);1H. The molecule has 0 fully saturated rings. The summed E-state index contributed by atoms with van der Waals surface area (Å²) in [6, 6.07) is 3.54. The van der Waals surface area contributed by atoms with Crippen molar-refractivity contribution in [3.05, 3.63) is 23.9 Å². The highest BCUT2D eigenvalue weighted by Crippen LogP contribution is 2.24. The molecule has 1 rings (SSSR count). The lowest BCUT2D eigenvalue weighted by atomic mass is 9.99. The summed E-state index contributed by atoms with van der Waals surface area (Å²) in [6.07, 6.45) is 1.62. The van der Waals surface area contributed by atoms with Gasteiger partial charge in [0.25, 0.3) is 0 Å². The van der Waals surface area contributed by atoms with Gasteiger partial charge in [-0.1, -0.05) is 6.07 Å². The van der Waals surface area contributed by atoms with Crippen molar-refractivity contribution in [3.8, 4) is 0 Å². The Morgan fingerprint density at radius 2 is 2.15 bits per heavy atom. The molecule has 74 valence electrons. The number of nitrogen functional groups attached to an aromatic ring is 1. The maximum absolute atomic E-state index is 9.67. The van der Waals surface area contributed by atoms with Crippen molar-refractivity contribution in [1.82, 2.24) is 4.98 Å². The Kier molecular flexibility index (Phi) is 4.13. The average molecular weight is 204 g/mol. The van der Waals surface area contributed by atoms with Gasteiger partial charge in [-0.3, -0.25) is 0 Å². The molecule has 0 bridgehead atoms. The molecular weight excluding hydrogens is 190 g/mol. The van der Waals surface area contributed by atoms with Crippen LogP contribution in [0.2, 0.25) is 0 Å². The van der Waals surface area contributed by atoms with Crippen molar-refractivity contribution in [2.45, 2.75) is 19.4 Å². The van der Waals surface area contributed by atoms with E-state index >= 15 is 0 Å². The van der Waals surface area contributed by atoms with Crippen LogP contribution in [0.5, 0.6) is 0 Å². The summed E-state index contributed by atoms with van der Waals surface area (Å²) < 4.78 is 0. The fourth-order valence-electron chi connectivity index (χ4n) is 1.01.